The van der Waals surface area contributed by atoms with Crippen LogP contribution in [-0.2, 0) is 4.74 Å². The summed E-state index contributed by atoms with van der Waals surface area (Å²) in [5.41, 5.74) is 9.00. The van der Waals surface area contributed by atoms with Gasteiger partial charge in [-0.15, -0.1) is 0 Å². The number of halogens is 1. The molecule has 0 bridgehead atoms. The van der Waals surface area contributed by atoms with Crippen LogP contribution in [0.4, 0.5) is 10.5 Å². The SMILES string of the molecule is CC(C)(C)OC(=O)N1CCCC(N(CCCN=[N+]=[N-])c2cccc(Cl)c2)C1. The average Bonchev–Trinajstić information content (AvgIpc) is 2.60. The number of hydrogen-bond acceptors (Lipinski definition) is 4. The summed E-state index contributed by atoms with van der Waals surface area (Å²) >= 11 is 6.19. The molecule has 27 heavy (non-hydrogen) atoms. The largest absolute Gasteiger partial charge is 0.444 e. The summed E-state index contributed by atoms with van der Waals surface area (Å²) in [7, 11) is 0. The van der Waals surface area contributed by atoms with Crippen LogP contribution in [0.25, 0.3) is 10.4 Å². The molecular formula is C19H28ClN5O2. The lowest BCUT2D eigenvalue weighted by molar-refractivity contribution is 0.0198. The molecule has 0 N–H and O–H groups in total. The lowest BCUT2D eigenvalue weighted by Crippen LogP contribution is -2.51. The second-order valence-corrected chi connectivity index (χ2v) is 8.14. The summed E-state index contributed by atoms with van der Waals surface area (Å²) in [6.45, 7) is 8.10. The van der Waals surface area contributed by atoms with Gasteiger partial charge in [-0.1, -0.05) is 22.8 Å². The molecule has 0 radical (unpaired) electrons. The van der Waals surface area contributed by atoms with Crippen molar-refractivity contribution in [2.75, 3.05) is 31.1 Å². The summed E-state index contributed by atoms with van der Waals surface area (Å²) in [6.07, 6.45) is 2.36. The van der Waals surface area contributed by atoms with Gasteiger partial charge in [0, 0.05) is 47.8 Å². The number of hydrogen-bond donors (Lipinski definition) is 0. The Morgan fingerprint density at radius 2 is 2.26 bits per heavy atom. The van der Waals surface area contributed by atoms with Gasteiger partial charge in [0.15, 0.2) is 0 Å². The Kier molecular flexibility index (Phi) is 7.63. The Hall–Kier alpha value is -2.11. The van der Waals surface area contributed by atoms with Crippen molar-refractivity contribution < 1.29 is 9.53 Å². The number of anilines is 1. The first-order chi connectivity index (χ1) is 12.8. The number of carbonyl (C=O) groups is 1. The van der Waals surface area contributed by atoms with E-state index in [1.54, 1.807) is 4.90 Å². The Morgan fingerprint density at radius 3 is 2.93 bits per heavy atom. The second kappa shape index (κ2) is 9.72. The van der Waals surface area contributed by atoms with E-state index in [2.05, 4.69) is 14.9 Å². The van der Waals surface area contributed by atoms with Crippen LogP contribution in [0.5, 0.6) is 0 Å². The number of piperidine rings is 1. The van der Waals surface area contributed by atoms with E-state index in [-0.39, 0.29) is 12.1 Å². The van der Waals surface area contributed by atoms with Crippen LogP contribution in [0.3, 0.4) is 0 Å². The summed E-state index contributed by atoms with van der Waals surface area (Å²) in [4.78, 5) is 19.3. The highest BCUT2D eigenvalue weighted by molar-refractivity contribution is 6.30. The predicted octanol–water partition coefficient (Wildman–Crippen LogP) is 5.25. The van der Waals surface area contributed by atoms with Crippen molar-refractivity contribution in [1.82, 2.24) is 4.90 Å². The number of amides is 1. The van der Waals surface area contributed by atoms with E-state index in [4.69, 9.17) is 21.9 Å². The number of carbonyl (C=O) groups excluding carboxylic acids is 1. The molecule has 1 aromatic carbocycles. The average molecular weight is 394 g/mol. The molecule has 7 nitrogen and oxygen atoms in total. The van der Waals surface area contributed by atoms with E-state index < -0.39 is 5.60 Å². The maximum atomic E-state index is 12.5. The Bertz CT molecular complexity index is 685. The lowest BCUT2D eigenvalue weighted by Gasteiger charge is -2.41. The van der Waals surface area contributed by atoms with E-state index >= 15 is 0 Å². The van der Waals surface area contributed by atoms with Gasteiger partial charge in [-0.25, -0.2) is 4.79 Å². The summed E-state index contributed by atoms with van der Waals surface area (Å²) < 4.78 is 5.54. The van der Waals surface area contributed by atoms with E-state index in [1.807, 2.05) is 45.0 Å². The van der Waals surface area contributed by atoms with Crippen LogP contribution >= 0.6 is 11.6 Å². The molecule has 0 aromatic heterocycles. The van der Waals surface area contributed by atoms with Crippen LogP contribution in [0.15, 0.2) is 29.4 Å². The maximum Gasteiger partial charge on any atom is 0.410 e. The zero-order valence-corrected chi connectivity index (χ0v) is 17.0. The van der Waals surface area contributed by atoms with Crippen LogP contribution in [0.2, 0.25) is 5.02 Å². The molecule has 1 amide bonds. The van der Waals surface area contributed by atoms with Crippen LogP contribution in [-0.4, -0.2) is 48.8 Å². The first-order valence-electron chi connectivity index (χ1n) is 9.31. The molecule has 1 unspecified atom stereocenters. The normalized spacial score (nSPS) is 17.2. The van der Waals surface area contributed by atoms with Crippen LogP contribution in [0, 0.1) is 0 Å². The van der Waals surface area contributed by atoms with Gasteiger partial charge in [-0.2, -0.15) is 0 Å². The standard InChI is InChI=1S/C19H28ClN5O2/c1-19(2,3)27-18(26)24-11-5-9-17(14-24)25(12-6-10-22-23-21)16-8-4-7-15(20)13-16/h4,7-8,13,17H,5-6,9-12,14H2,1-3H3. The highest BCUT2D eigenvalue weighted by Gasteiger charge is 2.30. The second-order valence-electron chi connectivity index (χ2n) is 7.70. The number of likely N-dealkylation sites (tertiary alicyclic amines) is 1. The maximum absolute atomic E-state index is 12.5. The molecular weight excluding hydrogens is 366 g/mol. The fourth-order valence-electron chi connectivity index (χ4n) is 3.24. The third-order valence-corrected chi connectivity index (χ3v) is 4.58. The summed E-state index contributed by atoms with van der Waals surface area (Å²) in [5, 5.41) is 4.30. The topological polar surface area (TPSA) is 81.5 Å². The zero-order chi connectivity index (χ0) is 19.9. The minimum Gasteiger partial charge on any atom is -0.444 e. The number of ether oxygens (including phenoxy) is 1. The first-order valence-corrected chi connectivity index (χ1v) is 9.69. The van der Waals surface area contributed by atoms with Gasteiger partial charge in [-0.3, -0.25) is 0 Å². The van der Waals surface area contributed by atoms with Gasteiger partial charge < -0.3 is 14.5 Å². The number of benzene rings is 1. The molecule has 2 rings (SSSR count). The fraction of sp³-hybridized carbons (Fsp3) is 0.632. The van der Waals surface area contributed by atoms with Crippen LogP contribution < -0.4 is 4.90 Å². The van der Waals surface area contributed by atoms with Crippen LogP contribution in [0.1, 0.15) is 40.0 Å². The Morgan fingerprint density at radius 1 is 1.48 bits per heavy atom. The molecule has 1 aliphatic rings. The third-order valence-electron chi connectivity index (χ3n) is 4.35. The van der Waals surface area contributed by atoms with E-state index in [0.29, 0.717) is 24.7 Å². The van der Waals surface area contributed by atoms with Gasteiger partial charge in [0.2, 0.25) is 0 Å². The van der Waals surface area contributed by atoms with Crippen molar-refractivity contribution >= 4 is 23.4 Å². The molecule has 0 saturated carbocycles. The van der Waals surface area contributed by atoms with Gasteiger partial charge in [-0.05, 0) is 63.8 Å². The lowest BCUT2D eigenvalue weighted by atomic mass is 10.0. The van der Waals surface area contributed by atoms with Crippen molar-refractivity contribution in [1.29, 1.82) is 0 Å². The Balaban J connectivity index is 2.13. The van der Waals surface area contributed by atoms with Gasteiger partial charge >= 0.3 is 6.09 Å². The molecule has 1 atom stereocenters. The molecule has 0 aliphatic carbocycles. The van der Waals surface area contributed by atoms with Gasteiger partial charge in [0.1, 0.15) is 5.60 Å². The quantitative estimate of drug-likeness (QED) is 0.286. The van der Waals surface area contributed by atoms with Crippen molar-refractivity contribution in [3.63, 3.8) is 0 Å². The highest BCUT2D eigenvalue weighted by atomic mass is 35.5. The van der Waals surface area contributed by atoms with E-state index in [0.717, 1.165) is 31.5 Å². The van der Waals surface area contributed by atoms with Gasteiger partial charge in [0.25, 0.3) is 0 Å². The molecule has 1 fully saturated rings. The fourth-order valence-corrected chi connectivity index (χ4v) is 3.42. The highest BCUT2D eigenvalue weighted by Crippen LogP contribution is 2.26. The molecule has 1 saturated heterocycles. The molecule has 1 aliphatic heterocycles. The minimum absolute atomic E-state index is 0.163. The minimum atomic E-state index is -0.508. The zero-order valence-electron chi connectivity index (χ0n) is 16.3. The van der Waals surface area contributed by atoms with Crippen molar-refractivity contribution in [2.45, 2.75) is 51.7 Å². The predicted molar refractivity (Wildman–Crippen MR) is 108 cm³/mol. The van der Waals surface area contributed by atoms with Gasteiger partial charge in [0.05, 0.1) is 0 Å². The monoisotopic (exact) mass is 393 g/mol. The number of rotatable bonds is 6. The summed E-state index contributed by atoms with van der Waals surface area (Å²) in [6, 6.07) is 7.88. The molecule has 8 heteroatoms. The smallest absolute Gasteiger partial charge is 0.410 e. The van der Waals surface area contributed by atoms with E-state index in [9.17, 15) is 4.79 Å². The number of nitrogens with zero attached hydrogens (tertiary/aromatic N) is 5. The molecule has 1 aromatic rings. The first kappa shape index (κ1) is 21.2. The Labute approximate surface area is 165 Å². The molecule has 1 heterocycles. The number of azide groups is 1. The molecule has 148 valence electrons. The van der Waals surface area contributed by atoms with Crippen molar-refractivity contribution in [2.24, 2.45) is 5.11 Å². The summed E-state index contributed by atoms with van der Waals surface area (Å²) in [5.74, 6) is 0. The third kappa shape index (κ3) is 6.85. The van der Waals surface area contributed by atoms with E-state index in [1.165, 1.54) is 0 Å². The molecule has 0 spiro atoms. The van der Waals surface area contributed by atoms with Crippen molar-refractivity contribution in [3.8, 4) is 0 Å². The van der Waals surface area contributed by atoms with Crippen molar-refractivity contribution in [3.05, 3.63) is 39.7 Å².